The monoisotopic (exact) mass is 736 g/mol. The number of anilines is 3. The van der Waals surface area contributed by atoms with Crippen LogP contribution in [0.1, 0.15) is 21.9 Å². The maximum atomic E-state index is 9.57. The molecule has 0 amide bonds. The van der Waals surface area contributed by atoms with Crippen LogP contribution in [0.5, 0.6) is 0 Å². The van der Waals surface area contributed by atoms with Crippen molar-refractivity contribution in [3.63, 3.8) is 0 Å². The molecular weight excluding hydrogens is 689 g/mol. The second kappa shape index (κ2) is 12.8. The summed E-state index contributed by atoms with van der Waals surface area (Å²) in [5, 5.41) is 2.51. The van der Waals surface area contributed by atoms with Gasteiger partial charge in [-0.3, -0.25) is 0 Å². The Labute approximate surface area is 344 Å². The summed E-state index contributed by atoms with van der Waals surface area (Å²) in [5.41, 5.74) is 1.65. The minimum atomic E-state index is -0.908. The van der Waals surface area contributed by atoms with E-state index in [1.807, 2.05) is 78.9 Å². The molecule has 0 aliphatic rings. The first-order valence-corrected chi connectivity index (χ1v) is 18.0. The highest BCUT2D eigenvalue weighted by Gasteiger charge is 2.19. The Balaban J connectivity index is 1.16. The molecule has 0 N–H and O–H groups in total. The Hall–Kier alpha value is -7.01. The van der Waals surface area contributed by atoms with Gasteiger partial charge in [-0.15, -0.1) is 11.3 Å². The fourth-order valence-corrected chi connectivity index (χ4v) is 8.12. The lowest BCUT2D eigenvalue weighted by Gasteiger charge is -2.26. The molecule has 11 rings (SSSR count). The number of rotatable bonds is 6. The Morgan fingerprint density at radius 1 is 0.509 bits per heavy atom. The van der Waals surface area contributed by atoms with Crippen molar-refractivity contribution < 1.29 is 26.3 Å². The van der Waals surface area contributed by atoms with Crippen molar-refractivity contribution in [1.29, 1.82) is 0 Å². The average Bonchev–Trinajstić information content (AvgIpc) is 3.97. The zero-order valence-electron chi connectivity index (χ0n) is 44.4. The molecule has 0 spiro atoms. The molecule has 0 bridgehead atoms. The predicted molar refractivity (Wildman–Crippen MR) is 233 cm³/mol. The smallest absolute Gasteiger partial charge is 0.227 e. The Morgan fingerprint density at radius 3 is 2.13 bits per heavy atom. The summed E-state index contributed by atoms with van der Waals surface area (Å²) in [7, 11) is 0. The predicted octanol–water partition coefficient (Wildman–Crippen LogP) is 15.0. The molecule has 0 radical (unpaired) electrons. The third-order valence-corrected chi connectivity index (χ3v) is 10.6. The van der Waals surface area contributed by atoms with Gasteiger partial charge >= 0.3 is 0 Å². The lowest BCUT2D eigenvalue weighted by Crippen LogP contribution is -2.09. The van der Waals surface area contributed by atoms with Gasteiger partial charge in [0.05, 0.1) is 21.9 Å². The van der Waals surface area contributed by atoms with Crippen LogP contribution in [0.25, 0.3) is 86.5 Å². The molecule has 0 aliphatic carbocycles. The van der Waals surface area contributed by atoms with Crippen LogP contribution in [0, 0.1) is 0 Å². The number of aromatic nitrogens is 1. The number of hydrogen-bond acceptors (Lipinski definition) is 4. The van der Waals surface area contributed by atoms with Gasteiger partial charge in [-0.25, -0.2) is 4.98 Å². The van der Waals surface area contributed by atoms with Crippen molar-refractivity contribution in [2.24, 2.45) is 0 Å². The van der Waals surface area contributed by atoms with Crippen LogP contribution in [0.4, 0.5) is 17.1 Å². The molecule has 0 atom stereocenters. The van der Waals surface area contributed by atoms with Gasteiger partial charge in [-0.05, 0) is 123 Å². The minimum absolute atomic E-state index is 0.156. The van der Waals surface area contributed by atoms with Crippen LogP contribution in [0.2, 0.25) is 0 Å². The van der Waals surface area contributed by atoms with Gasteiger partial charge in [0, 0.05) is 42.8 Å². The number of nitrogens with zero attached hydrogens (tertiary/aromatic N) is 2. The highest BCUT2D eigenvalue weighted by atomic mass is 32.1. The van der Waals surface area contributed by atoms with E-state index in [1.165, 1.54) is 11.3 Å². The topological polar surface area (TPSA) is 29.3 Å². The molecule has 2 heterocycles. The Bertz CT molecular complexity index is 4100. The molecular formula is C51H32N2OS. The molecule has 9 aromatic carbocycles. The van der Waals surface area contributed by atoms with E-state index in [2.05, 4.69) is 6.07 Å². The number of benzene rings is 9. The van der Waals surface area contributed by atoms with Gasteiger partial charge in [0.1, 0.15) is 5.52 Å². The van der Waals surface area contributed by atoms with Crippen molar-refractivity contribution in [2.45, 2.75) is 0 Å². The maximum Gasteiger partial charge on any atom is 0.227 e. The maximum absolute atomic E-state index is 9.57. The lowest BCUT2D eigenvalue weighted by atomic mass is 9.92. The van der Waals surface area contributed by atoms with Gasteiger partial charge in [0.25, 0.3) is 0 Å². The second-order valence-electron chi connectivity index (χ2n) is 12.7. The largest absolute Gasteiger partial charge is 0.436 e. The number of hydrogen-bond donors (Lipinski definition) is 0. The van der Waals surface area contributed by atoms with Crippen molar-refractivity contribution in [2.75, 3.05) is 4.90 Å². The van der Waals surface area contributed by atoms with Crippen LogP contribution in [-0.2, 0) is 0 Å². The molecule has 11 aromatic rings. The summed E-state index contributed by atoms with van der Waals surface area (Å²) in [6.07, 6.45) is 0. The van der Waals surface area contributed by atoms with E-state index in [-0.39, 0.29) is 11.1 Å². The average molecular weight is 737 g/mol. The first-order valence-electron chi connectivity index (χ1n) is 25.2. The van der Waals surface area contributed by atoms with Crippen molar-refractivity contribution in [1.82, 2.24) is 4.98 Å². The fourth-order valence-electron chi connectivity index (χ4n) is 6.98. The molecule has 3 nitrogen and oxygen atoms in total. The summed E-state index contributed by atoms with van der Waals surface area (Å²) in [6, 6.07) is 18.0. The van der Waals surface area contributed by atoms with E-state index in [0.717, 1.165) is 47.6 Å². The van der Waals surface area contributed by atoms with Gasteiger partial charge in [0.15, 0.2) is 5.58 Å². The van der Waals surface area contributed by atoms with Gasteiger partial charge in [-0.1, -0.05) is 115 Å². The van der Waals surface area contributed by atoms with Crippen molar-refractivity contribution in [3.05, 3.63) is 194 Å². The third-order valence-electron chi connectivity index (χ3n) is 9.47. The molecule has 55 heavy (non-hydrogen) atoms. The van der Waals surface area contributed by atoms with Gasteiger partial charge in [-0.2, -0.15) is 0 Å². The molecule has 0 saturated heterocycles. The fraction of sp³-hybridized carbons (Fsp3) is 0. The van der Waals surface area contributed by atoms with Crippen molar-refractivity contribution in [3.8, 4) is 33.7 Å². The quantitative estimate of drug-likeness (QED) is 0.170. The first kappa shape index (κ1) is 19.4. The zero-order valence-corrected chi connectivity index (χ0v) is 29.3. The van der Waals surface area contributed by atoms with Crippen LogP contribution in [0.3, 0.4) is 0 Å². The molecule has 4 heteroatoms. The standard InChI is InChI=1S/C51H32N2OS/c1-3-12-35(13-4-1)51-52-45-31-39(22-27-46(45)54-51)49-43-18-10-9-15-38(43)32-48-50(49)44-30-37(23-28-47(44)55-48)34-19-24-41(25-20-34)53(40-16-5-2-6-17-40)42-26-21-33-11-7-8-14-36(33)29-42/h1-32H/i2D,5D,6D,7D,8D,11D,14D,16D,17D,19D,20D,21D,24D,25D,26D,29D. The van der Waals surface area contributed by atoms with E-state index in [0.29, 0.717) is 21.9 Å². The van der Waals surface area contributed by atoms with Gasteiger partial charge in [0.2, 0.25) is 5.89 Å². The first-order chi connectivity index (χ1) is 33.9. The normalized spacial score (nSPS) is 15.7. The highest BCUT2D eigenvalue weighted by molar-refractivity contribution is 7.26. The Morgan fingerprint density at radius 2 is 1.25 bits per heavy atom. The summed E-state index contributed by atoms with van der Waals surface area (Å²) in [5.74, 6) is 0.475. The molecule has 0 saturated carbocycles. The minimum Gasteiger partial charge on any atom is -0.436 e. The second-order valence-corrected chi connectivity index (χ2v) is 13.8. The summed E-state index contributed by atoms with van der Waals surface area (Å²) >= 11 is 1.54. The Kier molecular flexibility index (Phi) is 4.52. The van der Waals surface area contributed by atoms with E-state index >= 15 is 0 Å². The van der Waals surface area contributed by atoms with Crippen LogP contribution < -0.4 is 4.90 Å². The van der Waals surface area contributed by atoms with Crippen LogP contribution >= 0.6 is 11.3 Å². The molecule has 258 valence electrons. The number of para-hydroxylation sites is 1. The van der Waals surface area contributed by atoms with E-state index in [9.17, 15) is 8.22 Å². The SMILES string of the molecule is [2H]c1c([2H])c([2H])c(N(c2c([2H])c([2H])c(-c3ccc4sc5cc6ccccc6c(-c6ccc7oc(-c8ccccc8)nc7c6)c5c4c3)c([2H])c2[2H])c2c([2H])c([2H])c3c([2H])c([2H])c([2H])c([2H])c3c2[2H])c([2H])c1[2H]. The lowest BCUT2D eigenvalue weighted by molar-refractivity contribution is 0.620. The van der Waals surface area contributed by atoms with E-state index < -0.39 is 125 Å². The van der Waals surface area contributed by atoms with E-state index in [4.69, 9.17) is 23.1 Å². The van der Waals surface area contributed by atoms with Crippen molar-refractivity contribution >= 4 is 81.2 Å². The van der Waals surface area contributed by atoms with E-state index in [1.54, 1.807) is 12.1 Å². The number of thiophene rings is 1. The summed E-state index contributed by atoms with van der Waals surface area (Å²) < 4.78 is 151. The zero-order chi connectivity index (χ0) is 50.2. The summed E-state index contributed by atoms with van der Waals surface area (Å²) in [4.78, 5) is 5.49. The highest BCUT2D eigenvalue weighted by Crippen LogP contribution is 2.46. The summed E-state index contributed by atoms with van der Waals surface area (Å²) in [6.45, 7) is 0. The molecule has 0 fully saturated rings. The molecule has 0 aliphatic heterocycles. The van der Waals surface area contributed by atoms with Crippen LogP contribution in [-0.4, -0.2) is 4.98 Å². The third kappa shape index (κ3) is 5.46. The van der Waals surface area contributed by atoms with Crippen LogP contribution in [0.15, 0.2) is 198 Å². The molecule has 2 aromatic heterocycles. The molecule has 0 unspecified atom stereocenters. The number of oxazole rings is 1. The number of fused-ring (bicyclic) bond motifs is 6. The van der Waals surface area contributed by atoms with Gasteiger partial charge < -0.3 is 9.32 Å².